The number of hydrogen-bond acceptors (Lipinski definition) is 7. The van der Waals surface area contributed by atoms with E-state index in [-0.39, 0.29) is 34.3 Å². The fourth-order valence-electron chi connectivity index (χ4n) is 5.98. The molecule has 7 nitrogen and oxygen atoms in total. The van der Waals surface area contributed by atoms with Crippen molar-refractivity contribution in [2.75, 3.05) is 50.8 Å². The zero-order chi connectivity index (χ0) is 25.7. The van der Waals surface area contributed by atoms with Crippen LogP contribution in [0.2, 0.25) is 5.02 Å². The summed E-state index contributed by atoms with van der Waals surface area (Å²) in [5, 5.41) is 13.9. The van der Waals surface area contributed by atoms with Crippen molar-refractivity contribution in [3.63, 3.8) is 0 Å². The quantitative estimate of drug-likeness (QED) is 0.506. The summed E-state index contributed by atoms with van der Waals surface area (Å²) in [4.78, 5) is 13.1. The molecule has 37 heavy (non-hydrogen) atoms. The number of aromatic nitrogens is 2. The third-order valence-corrected chi connectivity index (χ3v) is 8.03. The van der Waals surface area contributed by atoms with Gasteiger partial charge < -0.3 is 20.1 Å². The van der Waals surface area contributed by atoms with Gasteiger partial charge in [-0.3, -0.25) is 4.90 Å². The number of aromatic hydroxyl groups is 1. The Hall–Kier alpha value is -2.82. The maximum Gasteiger partial charge on any atom is 0.319 e. The van der Waals surface area contributed by atoms with E-state index in [1.807, 2.05) is 4.90 Å². The van der Waals surface area contributed by atoms with Gasteiger partial charge in [0.25, 0.3) is 0 Å². The van der Waals surface area contributed by atoms with Crippen LogP contribution in [0, 0.1) is 11.6 Å². The Morgan fingerprint density at radius 2 is 1.97 bits per heavy atom. The summed E-state index contributed by atoms with van der Waals surface area (Å²) in [6.07, 6.45) is 1.25. The number of fused-ring (bicyclic) bond motifs is 2. The van der Waals surface area contributed by atoms with Crippen molar-refractivity contribution in [1.29, 1.82) is 0 Å². The molecule has 0 spiro atoms. The molecule has 6 rings (SSSR count). The zero-order valence-electron chi connectivity index (χ0n) is 20.1. The van der Waals surface area contributed by atoms with Crippen LogP contribution in [0.4, 0.5) is 19.0 Å². The number of halogens is 4. The topological polar surface area (TPSA) is 73.8 Å². The lowest BCUT2D eigenvalue weighted by molar-refractivity contribution is 0.107. The summed E-state index contributed by atoms with van der Waals surface area (Å²) in [6, 6.07) is 5.20. The Kier molecular flexibility index (Phi) is 6.29. The van der Waals surface area contributed by atoms with E-state index in [2.05, 4.69) is 20.2 Å². The number of phenolic OH excluding ortho intramolecular Hbond substituents is 1. The Labute approximate surface area is 217 Å². The predicted octanol–water partition coefficient (Wildman–Crippen LogP) is 4.30. The molecule has 0 saturated carbocycles. The van der Waals surface area contributed by atoms with Crippen LogP contribution < -0.4 is 15.0 Å². The van der Waals surface area contributed by atoms with Gasteiger partial charge in [-0.2, -0.15) is 9.97 Å². The van der Waals surface area contributed by atoms with Gasteiger partial charge in [0.2, 0.25) is 0 Å². The van der Waals surface area contributed by atoms with Crippen LogP contribution in [0.3, 0.4) is 0 Å². The van der Waals surface area contributed by atoms with Crippen molar-refractivity contribution in [2.45, 2.75) is 31.0 Å². The predicted molar refractivity (Wildman–Crippen MR) is 135 cm³/mol. The number of phenols is 1. The second-order valence-electron chi connectivity index (χ2n) is 10.0. The zero-order valence-corrected chi connectivity index (χ0v) is 20.9. The van der Waals surface area contributed by atoms with Crippen LogP contribution >= 0.6 is 11.6 Å². The molecule has 3 aromatic rings. The van der Waals surface area contributed by atoms with Gasteiger partial charge in [-0.05, 0) is 37.6 Å². The van der Waals surface area contributed by atoms with Crippen molar-refractivity contribution in [3.8, 4) is 22.9 Å². The average Bonchev–Trinajstić information content (AvgIpc) is 3.40. The number of benzene rings is 2. The van der Waals surface area contributed by atoms with E-state index in [9.17, 15) is 13.9 Å². The molecule has 0 aliphatic carbocycles. The monoisotopic (exact) mass is 533 g/mol. The second kappa shape index (κ2) is 9.49. The van der Waals surface area contributed by atoms with Gasteiger partial charge in [0.1, 0.15) is 35.7 Å². The molecular formula is C26H27ClF3N5O2. The fraction of sp³-hybridized carbons (Fsp3) is 0.462. The molecular weight excluding hydrogens is 507 g/mol. The smallest absolute Gasteiger partial charge is 0.319 e. The minimum Gasteiger partial charge on any atom is -0.507 e. The SMILES string of the molecule is Oc1cccc(F)c1-c1c(Cl)cc2c(N3CCNCC3)nc(OC[C@@]34CCCN3C[C@H](F)C4)nc2c1F. The highest BCUT2D eigenvalue weighted by Crippen LogP contribution is 2.43. The third-order valence-electron chi connectivity index (χ3n) is 7.73. The summed E-state index contributed by atoms with van der Waals surface area (Å²) in [5.74, 6) is -1.66. The lowest BCUT2D eigenvalue weighted by Crippen LogP contribution is -2.44. The van der Waals surface area contributed by atoms with Crippen molar-refractivity contribution < 1.29 is 23.0 Å². The molecule has 0 unspecified atom stereocenters. The minimum atomic E-state index is -0.909. The number of ether oxygens (including phenoxy) is 1. The van der Waals surface area contributed by atoms with Crippen LogP contribution in [0.25, 0.3) is 22.0 Å². The van der Waals surface area contributed by atoms with Gasteiger partial charge in [-0.1, -0.05) is 17.7 Å². The van der Waals surface area contributed by atoms with Crippen molar-refractivity contribution in [1.82, 2.24) is 20.2 Å². The van der Waals surface area contributed by atoms with Crippen molar-refractivity contribution in [3.05, 3.63) is 40.9 Å². The van der Waals surface area contributed by atoms with E-state index in [0.29, 0.717) is 37.3 Å². The van der Waals surface area contributed by atoms with Crippen LogP contribution in [-0.4, -0.2) is 77.6 Å². The van der Waals surface area contributed by atoms with Crippen LogP contribution in [0.1, 0.15) is 19.3 Å². The number of anilines is 1. The van der Waals surface area contributed by atoms with E-state index in [4.69, 9.17) is 16.3 Å². The highest BCUT2D eigenvalue weighted by Gasteiger charge is 2.49. The number of alkyl halides is 1. The first kappa shape index (κ1) is 24.5. The van der Waals surface area contributed by atoms with Gasteiger partial charge in [-0.25, -0.2) is 13.2 Å². The molecule has 2 N–H and O–H groups in total. The Balaban J connectivity index is 1.47. The lowest BCUT2D eigenvalue weighted by atomic mass is 9.95. The van der Waals surface area contributed by atoms with Gasteiger partial charge in [-0.15, -0.1) is 0 Å². The first-order valence-corrected chi connectivity index (χ1v) is 12.9. The summed E-state index contributed by atoms with van der Waals surface area (Å²) in [7, 11) is 0. The molecule has 0 amide bonds. The number of piperazine rings is 1. The van der Waals surface area contributed by atoms with Gasteiger partial charge in [0.15, 0.2) is 5.82 Å². The Bertz CT molecular complexity index is 1340. The molecule has 3 aliphatic rings. The Morgan fingerprint density at radius 3 is 2.76 bits per heavy atom. The molecule has 11 heteroatoms. The summed E-state index contributed by atoms with van der Waals surface area (Å²) in [6.45, 7) is 4.08. The van der Waals surface area contributed by atoms with E-state index >= 15 is 4.39 Å². The molecule has 3 fully saturated rings. The van der Waals surface area contributed by atoms with Crippen molar-refractivity contribution >= 4 is 28.3 Å². The number of nitrogens with one attached hydrogen (secondary N) is 1. The van der Waals surface area contributed by atoms with Crippen LogP contribution in [0.5, 0.6) is 11.8 Å². The van der Waals surface area contributed by atoms with E-state index in [1.165, 1.54) is 18.2 Å². The number of rotatable bonds is 5. The van der Waals surface area contributed by atoms with Crippen molar-refractivity contribution in [2.24, 2.45) is 0 Å². The van der Waals surface area contributed by atoms with Gasteiger partial charge in [0, 0.05) is 50.1 Å². The fourth-order valence-corrected chi connectivity index (χ4v) is 6.27. The van der Waals surface area contributed by atoms with Gasteiger partial charge in [0.05, 0.1) is 16.1 Å². The molecule has 0 bridgehead atoms. The first-order chi connectivity index (χ1) is 17.9. The normalized spacial score (nSPS) is 24.1. The second-order valence-corrected chi connectivity index (χ2v) is 10.4. The average molecular weight is 534 g/mol. The number of hydrogen-bond donors (Lipinski definition) is 2. The third kappa shape index (κ3) is 4.24. The molecule has 3 aliphatic heterocycles. The molecule has 0 radical (unpaired) electrons. The number of nitrogens with zero attached hydrogens (tertiary/aromatic N) is 4. The first-order valence-electron chi connectivity index (χ1n) is 12.5. The largest absolute Gasteiger partial charge is 0.507 e. The van der Waals surface area contributed by atoms with E-state index in [1.54, 1.807) is 0 Å². The molecule has 196 valence electrons. The molecule has 3 saturated heterocycles. The lowest BCUT2D eigenvalue weighted by Gasteiger charge is -2.32. The highest BCUT2D eigenvalue weighted by molar-refractivity contribution is 6.34. The summed E-state index contributed by atoms with van der Waals surface area (Å²) < 4.78 is 51.1. The maximum absolute atomic E-state index is 16.1. The molecule has 2 atom stereocenters. The standard InChI is InChI=1S/C26H27ClF3N5O2/c27-17-11-16-23(22(30)20(17)21-18(29)3-1-4-19(21)36)32-25(33-24(16)34-9-6-31-7-10-34)37-14-26-5-2-8-35(26)13-15(28)12-26/h1,3-4,11,15,31,36H,2,5-10,12-14H2/t15-,26+/m1/s1. The maximum atomic E-state index is 16.1. The van der Waals surface area contributed by atoms with Gasteiger partial charge >= 0.3 is 6.01 Å². The Morgan fingerprint density at radius 1 is 1.16 bits per heavy atom. The summed E-state index contributed by atoms with van der Waals surface area (Å²) >= 11 is 6.48. The molecule has 2 aromatic carbocycles. The van der Waals surface area contributed by atoms with Crippen LogP contribution in [-0.2, 0) is 0 Å². The van der Waals surface area contributed by atoms with E-state index < -0.39 is 29.1 Å². The minimum absolute atomic E-state index is 0.0329. The van der Waals surface area contributed by atoms with Crippen LogP contribution in [0.15, 0.2) is 24.3 Å². The molecule has 1 aromatic heterocycles. The summed E-state index contributed by atoms with van der Waals surface area (Å²) in [5.41, 5.74) is -1.12. The van der Waals surface area contributed by atoms with E-state index in [0.717, 1.165) is 38.5 Å². The molecule has 4 heterocycles. The highest BCUT2D eigenvalue weighted by atomic mass is 35.5.